The molecule has 3 aliphatic heterocycles. The third-order valence-corrected chi connectivity index (χ3v) is 7.63. The number of hydrogen-bond acceptors (Lipinski definition) is 10. The molecule has 0 bridgehead atoms. The highest BCUT2D eigenvalue weighted by atomic mass is 32.2. The van der Waals surface area contributed by atoms with Crippen molar-refractivity contribution in [1.82, 2.24) is 5.32 Å². The van der Waals surface area contributed by atoms with E-state index in [0.717, 1.165) is 17.4 Å². The van der Waals surface area contributed by atoms with Crippen molar-refractivity contribution >= 4 is 15.7 Å². The van der Waals surface area contributed by atoms with E-state index in [2.05, 4.69) is 10.3 Å². The first-order valence-electron chi connectivity index (χ1n) is 10.8. The fourth-order valence-corrected chi connectivity index (χ4v) is 4.65. The monoisotopic (exact) mass is 481 g/mol. The van der Waals surface area contributed by atoms with Gasteiger partial charge in [-0.1, -0.05) is 24.3 Å². The van der Waals surface area contributed by atoms with Crippen molar-refractivity contribution in [3.63, 3.8) is 0 Å². The molecule has 0 saturated carbocycles. The maximum Gasteiger partial charge on any atom is 0.290 e. The predicted molar refractivity (Wildman–Crippen MR) is 121 cm³/mol. The highest BCUT2D eigenvalue weighted by Crippen LogP contribution is 2.34. The van der Waals surface area contributed by atoms with Crippen LogP contribution in [0.5, 0.6) is 0 Å². The molecule has 182 valence electrons. The van der Waals surface area contributed by atoms with E-state index < -0.39 is 26.3 Å². The summed E-state index contributed by atoms with van der Waals surface area (Å²) in [6.07, 6.45) is 3.76. The molecular formula is C22H31N3O7S. The lowest BCUT2D eigenvalue weighted by molar-refractivity contribution is -0.149. The van der Waals surface area contributed by atoms with E-state index in [-0.39, 0.29) is 12.5 Å². The second-order valence-corrected chi connectivity index (χ2v) is 10.7. The van der Waals surface area contributed by atoms with Crippen molar-refractivity contribution in [2.75, 3.05) is 39.8 Å². The van der Waals surface area contributed by atoms with Crippen LogP contribution in [0.25, 0.3) is 0 Å². The quantitative estimate of drug-likeness (QED) is 0.614. The Morgan fingerprint density at radius 1 is 1.12 bits per heavy atom. The van der Waals surface area contributed by atoms with Gasteiger partial charge in [0.2, 0.25) is 15.7 Å². The van der Waals surface area contributed by atoms with Gasteiger partial charge >= 0.3 is 0 Å². The van der Waals surface area contributed by atoms with Crippen molar-refractivity contribution in [2.24, 2.45) is 10.7 Å². The highest BCUT2D eigenvalue weighted by Gasteiger charge is 2.46. The van der Waals surface area contributed by atoms with Gasteiger partial charge in [-0.25, -0.2) is 8.42 Å². The van der Waals surface area contributed by atoms with E-state index in [1.165, 1.54) is 0 Å². The van der Waals surface area contributed by atoms with Crippen LogP contribution in [0, 0.1) is 0 Å². The lowest BCUT2D eigenvalue weighted by Crippen LogP contribution is -2.62. The fraction of sp³-hybridized carbons (Fsp3) is 0.591. The summed E-state index contributed by atoms with van der Waals surface area (Å²) in [5.74, 6) is -0.638. The Morgan fingerprint density at radius 3 is 2.33 bits per heavy atom. The molecular weight excluding hydrogens is 450 g/mol. The van der Waals surface area contributed by atoms with Gasteiger partial charge in [0.25, 0.3) is 5.12 Å². The van der Waals surface area contributed by atoms with Gasteiger partial charge in [0.05, 0.1) is 18.9 Å². The molecule has 3 aliphatic rings. The number of ether oxygens (including phenoxy) is 5. The lowest BCUT2D eigenvalue weighted by Gasteiger charge is -2.42. The average Bonchev–Trinajstić information content (AvgIpc) is 3.25. The Kier molecular flexibility index (Phi) is 6.56. The van der Waals surface area contributed by atoms with Crippen LogP contribution in [-0.4, -0.2) is 64.8 Å². The molecule has 2 saturated heterocycles. The first-order valence-corrected chi connectivity index (χ1v) is 12.7. The summed E-state index contributed by atoms with van der Waals surface area (Å²) in [5.41, 5.74) is 7.70. The number of nitrogens with zero attached hydrogens (tertiary/aromatic N) is 1. The maximum atomic E-state index is 12.5. The molecule has 1 unspecified atom stereocenters. The van der Waals surface area contributed by atoms with Crippen LogP contribution in [0.1, 0.15) is 30.9 Å². The van der Waals surface area contributed by atoms with Crippen molar-refractivity contribution in [3.05, 3.63) is 47.2 Å². The van der Waals surface area contributed by atoms with E-state index in [9.17, 15) is 8.42 Å². The summed E-state index contributed by atoms with van der Waals surface area (Å²) in [7, 11) is -2.24. The molecule has 1 aromatic carbocycles. The van der Waals surface area contributed by atoms with Crippen LogP contribution in [0.3, 0.4) is 0 Å². The summed E-state index contributed by atoms with van der Waals surface area (Å²) >= 11 is 0. The van der Waals surface area contributed by atoms with Crippen LogP contribution < -0.4 is 11.1 Å². The van der Waals surface area contributed by atoms with Crippen molar-refractivity contribution in [2.45, 2.75) is 42.9 Å². The van der Waals surface area contributed by atoms with E-state index in [1.807, 2.05) is 31.2 Å². The van der Waals surface area contributed by atoms with Crippen LogP contribution in [0.15, 0.2) is 41.0 Å². The minimum Gasteiger partial charge on any atom is -0.473 e. The SMILES string of the molecule is COC1(C2=CC(OCc3ccc(C4(C)OCCO4)cc3)=NC(N)(S(C)(=O)=O)N2)CCOCC1. The molecule has 4 rings (SSSR count). The van der Waals surface area contributed by atoms with Gasteiger partial charge in [0.1, 0.15) is 12.2 Å². The van der Waals surface area contributed by atoms with Gasteiger partial charge in [-0.3, -0.25) is 5.73 Å². The Bertz CT molecular complexity index is 1030. The predicted octanol–water partition coefficient (Wildman–Crippen LogP) is 1.12. The van der Waals surface area contributed by atoms with Gasteiger partial charge in [0, 0.05) is 51.1 Å². The Balaban J connectivity index is 1.56. The van der Waals surface area contributed by atoms with E-state index in [0.29, 0.717) is 45.0 Å². The minimum atomic E-state index is -3.83. The highest BCUT2D eigenvalue weighted by molar-refractivity contribution is 7.92. The largest absolute Gasteiger partial charge is 0.473 e. The molecule has 3 heterocycles. The lowest BCUT2D eigenvalue weighted by atomic mass is 9.89. The number of aliphatic imine (C=N–C) groups is 1. The molecule has 3 N–H and O–H groups in total. The summed E-state index contributed by atoms with van der Waals surface area (Å²) in [6, 6.07) is 7.64. The first kappa shape index (κ1) is 24.1. The summed E-state index contributed by atoms with van der Waals surface area (Å²) in [5, 5.41) is 0.814. The van der Waals surface area contributed by atoms with Crippen molar-refractivity contribution in [1.29, 1.82) is 0 Å². The third-order valence-electron chi connectivity index (χ3n) is 6.31. The van der Waals surface area contributed by atoms with Crippen LogP contribution in [0.2, 0.25) is 0 Å². The zero-order valence-electron chi connectivity index (χ0n) is 19.1. The van der Waals surface area contributed by atoms with Crippen molar-refractivity contribution in [3.8, 4) is 0 Å². The Hall–Kier alpha value is -2.02. The van der Waals surface area contributed by atoms with Crippen LogP contribution in [0.4, 0.5) is 0 Å². The number of benzene rings is 1. The Labute approximate surface area is 194 Å². The van der Waals surface area contributed by atoms with Gasteiger partial charge in [-0.2, -0.15) is 4.99 Å². The molecule has 10 nitrogen and oxygen atoms in total. The molecule has 2 fully saturated rings. The van der Waals surface area contributed by atoms with Gasteiger partial charge in [-0.05, 0) is 12.5 Å². The van der Waals surface area contributed by atoms with Gasteiger partial charge < -0.3 is 29.0 Å². The summed E-state index contributed by atoms with van der Waals surface area (Å²) in [6.45, 7) is 4.13. The van der Waals surface area contributed by atoms with Crippen LogP contribution >= 0.6 is 0 Å². The standard InChI is InChI=1S/C22H31N3O7S/c1-20(31-12-13-32-20)17-6-4-16(5-7-17)15-30-19-14-18(21(28-2)8-10-29-11-9-21)24-22(23,25-19)33(3,26)27/h4-7,14,24H,8-13,15,23H2,1-3H3. The molecule has 0 amide bonds. The molecule has 1 atom stereocenters. The molecule has 0 aliphatic carbocycles. The van der Waals surface area contributed by atoms with Gasteiger partial charge in [-0.15, -0.1) is 0 Å². The molecule has 11 heteroatoms. The van der Waals surface area contributed by atoms with Gasteiger partial charge in [0.15, 0.2) is 5.79 Å². The molecule has 1 aromatic rings. The average molecular weight is 482 g/mol. The first-order chi connectivity index (χ1) is 15.6. The van der Waals surface area contributed by atoms with E-state index >= 15 is 0 Å². The number of methoxy groups -OCH3 is 1. The van der Waals surface area contributed by atoms with E-state index in [4.69, 9.17) is 29.4 Å². The molecule has 0 radical (unpaired) electrons. The second-order valence-electron chi connectivity index (χ2n) is 8.54. The summed E-state index contributed by atoms with van der Waals surface area (Å²) in [4.78, 5) is 4.17. The van der Waals surface area contributed by atoms with E-state index in [1.54, 1.807) is 13.2 Å². The number of nitrogens with one attached hydrogen (secondary N) is 1. The maximum absolute atomic E-state index is 12.5. The van der Waals surface area contributed by atoms with Crippen LogP contribution in [-0.2, 0) is 45.9 Å². The fourth-order valence-electron chi connectivity index (χ4n) is 4.10. The molecule has 0 aromatic heterocycles. The normalized spacial score (nSPS) is 26.8. The zero-order chi connectivity index (χ0) is 23.7. The summed E-state index contributed by atoms with van der Waals surface area (Å²) < 4.78 is 53.5. The number of rotatable bonds is 6. The topological polar surface area (TPSA) is 131 Å². The number of sulfone groups is 1. The third kappa shape index (κ3) is 4.79. The number of nitrogens with two attached hydrogens (primary N) is 1. The smallest absolute Gasteiger partial charge is 0.290 e. The second kappa shape index (κ2) is 8.97. The Morgan fingerprint density at radius 2 is 1.76 bits per heavy atom. The molecule has 33 heavy (non-hydrogen) atoms. The zero-order valence-corrected chi connectivity index (χ0v) is 19.9. The number of hydrogen-bond donors (Lipinski definition) is 2. The minimum absolute atomic E-state index is 0.109. The van der Waals surface area contributed by atoms with Crippen molar-refractivity contribution < 1.29 is 32.1 Å². The molecule has 0 spiro atoms.